The van der Waals surface area contributed by atoms with Gasteiger partial charge in [-0.05, 0) is 46.6 Å². The van der Waals surface area contributed by atoms with Crippen molar-refractivity contribution in [2.75, 3.05) is 11.4 Å². The lowest BCUT2D eigenvalue weighted by Crippen LogP contribution is -2.31. The molecule has 1 aromatic carbocycles. The van der Waals surface area contributed by atoms with E-state index in [1.54, 1.807) is 12.1 Å². The molecule has 1 amide bonds. The molecule has 2 heterocycles. The predicted octanol–water partition coefficient (Wildman–Crippen LogP) is 4.57. The highest BCUT2D eigenvalue weighted by Crippen LogP contribution is 2.37. The molecule has 20 heavy (non-hydrogen) atoms. The SMILES string of the molecule is CC1CCN(C(=O)c2ccc(Br)o2)c2ccccc2S1. The number of carbonyl (C=O) groups is 1. The number of anilines is 1. The first-order chi connectivity index (χ1) is 9.65. The van der Waals surface area contributed by atoms with Gasteiger partial charge in [0, 0.05) is 16.7 Å². The number of rotatable bonds is 1. The molecule has 0 N–H and O–H groups in total. The normalized spacial score (nSPS) is 18.5. The minimum Gasteiger partial charge on any atom is -0.444 e. The molecule has 1 aliphatic rings. The van der Waals surface area contributed by atoms with Gasteiger partial charge in [-0.1, -0.05) is 19.1 Å². The third-order valence-electron chi connectivity index (χ3n) is 3.27. The summed E-state index contributed by atoms with van der Waals surface area (Å²) < 4.78 is 5.98. The van der Waals surface area contributed by atoms with Crippen LogP contribution in [0.3, 0.4) is 0 Å². The van der Waals surface area contributed by atoms with Crippen molar-refractivity contribution in [1.29, 1.82) is 0 Å². The fourth-order valence-corrected chi connectivity index (χ4v) is 3.68. The topological polar surface area (TPSA) is 33.5 Å². The number of amides is 1. The number of carbonyl (C=O) groups excluding carboxylic acids is 1. The van der Waals surface area contributed by atoms with Gasteiger partial charge in [0.1, 0.15) is 0 Å². The van der Waals surface area contributed by atoms with Crippen molar-refractivity contribution >= 4 is 39.3 Å². The van der Waals surface area contributed by atoms with Crippen LogP contribution in [0.2, 0.25) is 0 Å². The highest BCUT2D eigenvalue weighted by molar-refractivity contribution is 9.10. The molecule has 0 saturated carbocycles. The summed E-state index contributed by atoms with van der Waals surface area (Å²) in [6.07, 6.45) is 0.965. The Hall–Kier alpha value is -1.20. The lowest BCUT2D eigenvalue weighted by molar-refractivity contribution is 0.0958. The first kappa shape index (κ1) is 13.8. The highest BCUT2D eigenvalue weighted by Gasteiger charge is 2.26. The van der Waals surface area contributed by atoms with Gasteiger partial charge >= 0.3 is 0 Å². The maximum absolute atomic E-state index is 12.6. The number of fused-ring (bicyclic) bond motifs is 1. The zero-order valence-electron chi connectivity index (χ0n) is 11.0. The van der Waals surface area contributed by atoms with Crippen molar-refractivity contribution in [2.45, 2.75) is 23.5 Å². The van der Waals surface area contributed by atoms with E-state index in [0.29, 0.717) is 22.2 Å². The van der Waals surface area contributed by atoms with Crippen molar-refractivity contribution in [1.82, 2.24) is 0 Å². The minimum atomic E-state index is -0.0853. The molecule has 2 aromatic rings. The minimum absolute atomic E-state index is 0.0853. The van der Waals surface area contributed by atoms with Crippen molar-refractivity contribution in [3.63, 3.8) is 0 Å². The molecule has 0 spiro atoms. The van der Waals surface area contributed by atoms with E-state index in [0.717, 1.165) is 17.0 Å². The van der Waals surface area contributed by atoms with E-state index in [-0.39, 0.29) is 5.91 Å². The number of halogens is 1. The van der Waals surface area contributed by atoms with Gasteiger partial charge in [-0.15, -0.1) is 11.8 Å². The van der Waals surface area contributed by atoms with Gasteiger partial charge in [-0.25, -0.2) is 0 Å². The van der Waals surface area contributed by atoms with Gasteiger partial charge in [-0.3, -0.25) is 4.79 Å². The fourth-order valence-electron chi connectivity index (χ4n) is 2.26. The Morgan fingerprint density at radius 2 is 2.15 bits per heavy atom. The summed E-state index contributed by atoms with van der Waals surface area (Å²) in [6.45, 7) is 2.90. The average Bonchev–Trinajstić information content (AvgIpc) is 2.79. The van der Waals surface area contributed by atoms with Gasteiger partial charge in [0.25, 0.3) is 5.91 Å². The zero-order chi connectivity index (χ0) is 14.1. The first-order valence-electron chi connectivity index (χ1n) is 6.48. The third kappa shape index (κ3) is 2.65. The molecule has 104 valence electrons. The van der Waals surface area contributed by atoms with Gasteiger partial charge in [0.15, 0.2) is 10.4 Å². The van der Waals surface area contributed by atoms with Crippen LogP contribution in [0.15, 0.2) is 50.4 Å². The number of nitrogens with zero attached hydrogens (tertiary/aromatic N) is 1. The van der Waals surface area contributed by atoms with Crippen molar-refractivity contribution in [2.24, 2.45) is 0 Å². The molecule has 0 saturated heterocycles. The average molecular weight is 352 g/mol. The maximum Gasteiger partial charge on any atom is 0.294 e. The number of hydrogen-bond donors (Lipinski definition) is 0. The summed E-state index contributed by atoms with van der Waals surface area (Å²) in [6, 6.07) is 11.5. The van der Waals surface area contributed by atoms with Crippen LogP contribution in [0, 0.1) is 0 Å². The van der Waals surface area contributed by atoms with E-state index >= 15 is 0 Å². The van der Waals surface area contributed by atoms with E-state index in [4.69, 9.17) is 4.42 Å². The molecule has 1 aliphatic heterocycles. The van der Waals surface area contributed by atoms with E-state index in [1.807, 2.05) is 34.9 Å². The Morgan fingerprint density at radius 3 is 2.90 bits per heavy atom. The molecule has 1 atom stereocenters. The summed E-state index contributed by atoms with van der Waals surface area (Å²) >= 11 is 5.06. The van der Waals surface area contributed by atoms with E-state index in [2.05, 4.69) is 28.9 Å². The standard InChI is InChI=1S/C15H14BrNO2S/c1-10-8-9-17(11-4-2-3-5-13(11)20-10)15(18)12-6-7-14(16)19-12/h2-7,10H,8-9H2,1H3. The number of hydrogen-bond acceptors (Lipinski definition) is 3. The molecule has 5 heteroatoms. The van der Waals surface area contributed by atoms with Crippen molar-refractivity contribution in [3.8, 4) is 0 Å². The van der Waals surface area contributed by atoms with Gasteiger partial charge in [0.05, 0.1) is 5.69 Å². The number of para-hydroxylation sites is 1. The number of furan rings is 1. The second kappa shape index (κ2) is 5.66. The molecule has 0 aliphatic carbocycles. The summed E-state index contributed by atoms with van der Waals surface area (Å²) in [5, 5.41) is 0.497. The van der Waals surface area contributed by atoms with Crippen LogP contribution in [-0.4, -0.2) is 17.7 Å². The maximum atomic E-state index is 12.6. The van der Waals surface area contributed by atoms with Crippen LogP contribution in [0.4, 0.5) is 5.69 Å². The van der Waals surface area contributed by atoms with Gasteiger partial charge in [-0.2, -0.15) is 0 Å². The predicted molar refractivity (Wildman–Crippen MR) is 84.5 cm³/mol. The fraction of sp³-hybridized carbons (Fsp3) is 0.267. The number of benzene rings is 1. The van der Waals surface area contributed by atoms with Crippen LogP contribution >= 0.6 is 27.7 Å². The first-order valence-corrected chi connectivity index (χ1v) is 8.15. The summed E-state index contributed by atoms with van der Waals surface area (Å²) in [4.78, 5) is 15.6. The second-order valence-corrected chi connectivity index (χ2v) is 7.01. The van der Waals surface area contributed by atoms with Gasteiger partial charge in [0.2, 0.25) is 0 Å². The lowest BCUT2D eigenvalue weighted by Gasteiger charge is -2.21. The summed E-state index contributed by atoms with van der Waals surface area (Å²) in [5.41, 5.74) is 0.972. The second-order valence-electron chi connectivity index (χ2n) is 4.75. The molecule has 1 aromatic heterocycles. The van der Waals surface area contributed by atoms with E-state index in [9.17, 15) is 4.79 Å². The zero-order valence-corrected chi connectivity index (χ0v) is 13.4. The Kier molecular flexibility index (Phi) is 3.89. The summed E-state index contributed by atoms with van der Waals surface area (Å²) in [7, 11) is 0. The van der Waals surface area contributed by atoms with Gasteiger partial charge < -0.3 is 9.32 Å². The lowest BCUT2D eigenvalue weighted by atomic mass is 10.2. The molecular weight excluding hydrogens is 338 g/mol. The monoisotopic (exact) mass is 351 g/mol. The Morgan fingerprint density at radius 1 is 1.35 bits per heavy atom. The van der Waals surface area contributed by atoms with Crippen LogP contribution < -0.4 is 4.90 Å². The molecule has 3 rings (SSSR count). The Bertz CT molecular complexity index is 640. The Balaban J connectivity index is 1.99. The smallest absolute Gasteiger partial charge is 0.294 e. The molecular formula is C15H14BrNO2S. The quantitative estimate of drug-likeness (QED) is 0.754. The summed E-state index contributed by atoms with van der Waals surface area (Å²) in [5.74, 6) is 0.282. The van der Waals surface area contributed by atoms with Crippen molar-refractivity contribution < 1.29 is 9.21 Å². The van der Waals surface area contributed by atoms with Crippen LogP contribution in [-0.2, 0) is 0 Å². The van der Waals surface area contributed by atoms with Crippen LogP contribution in [0.25, 0.3) is 0 Å². The molecule has 3 nitrogen and oxygen atoms in total. The van der Waals surface area contributed by atoms with Crippen LogP contribution in [0.1, 0.15) is 23.9 Å². The van der Waals surface area contributed by atoms with Crippen LogP contribution in [0.5, 0.6) is 0 Å². The van der Waals surface area contributed by atoms with E-state index in [1.165, 1.54) is 0 Å². The molecule has 0 fully saturated rings. The van der Waals surface area contributed by atoms with E-state index < -0.39 is 0 Å². The molecule has 0 radical (unpaired) electrons. The number of thioether (sulfide) groups is 1. The highest BCUT2D eigenvalue weighted by atomic mass is 79.9. The molecule has 0 bridgehead atoms. The largest absolute Gasteiger partial charge is 0.444 e. The third-order valence-corrected chi connectivity index (χ3v) is 4.94. The Labute approximate surface area is 130 Å². The van der Waals surface area contributed by atoms with Crippen molar-refractivity contribution in [3.05, 3.63) is 46.8 Å². The molecule has 1 unspecified atom stereocenters.